The van der Waals surface area contributed by atoms with Crippen molar-refractivity contribution in [2.75, 3.05) is 36.0 Å². The quantitative estimate of drug-likeness (QED) is 0.709. The molecule has 2 fully saturated rings. The first-order valence-corrected chi connectivity index (χ1v) is 9.17. The van der Waals surface area contributed by atoms with Gasteiger partial charge in [-0.25, -0.2) is 24.9 Å². The summed E-state index contributed by atoms with van der Waals surface area (Å²) in [5.74, 6) is 3.28. The van der Waals surface area contributed by atoms with Gasteiger partial charge in [0.2, 0.25) is 0 Å². The lowest BCUT2D eigenvalue weighted by Gasteiger charge is -2.23. The van der Waals surface area contributed by atoms with E-state index in [4.69, 9.17) is 0 Å². The molecule has 2 aliphatic heterocycles. The summed E-state index contributed by atoms with van der Waals surface area (Å²) in [4.78, 5) is 27.0. The van der Waals surface area contributed by atoms with E-state index in [1.807, 2.05) is 13.3 Å². The second-order valence-electron chi connectivity index (χ2n) is 7.25. The standard InChI is InChI=1S/C18H22N8/c1-3-24-11-23-16-17(24)21-10-22-18(16)26-7-13-5-25(6-14(13)8-26)15-4-12(2)19-9-20-15/h4,9-11,13-14H,3,5-8H2,1-2H3. The summed E-state index contributed by atoms with van der Waals surface area (Å²) in [6, 6.07) is 2.07. The molecular formula is C18H22N8. The van der Waals surface area contributed by atoms with Crippen LogP contribution in [-0.4, -0.2) is 55.7 Å². The Labute approximate surface area is 151 Å². The molecule has 3 aromatic rings. The van der Waals surface area contributed by atoms with Crippen LogP contribution in [0.3, 0.4) is 0 Å². The molecule has 8 heteroatoms. The number of nitrogens with zero attached hydrogens (tertiary/aromatic N) is 8. The highest BCUT2D eigenvalue weighted by molar-refractivity contribution is 5.83. The van der Waals surface area contributed by atoms with Gasteiger partial charge in [0.25, 0.3) is 0 Å². The molecule has 0 spiro atoms. The molecule has 5 rings (SSSR count). The van der Waals surface area contributed by atoms with Gasteiger partial charge in [0, 0.05) is 56.3 Å². The summed E-state index contributed by atoms with van der Waals surface area (Å²) in [5, 5.41) is 0. The Morgan fingerprint density at radius 2 is 1.65 bits per heavy atom. The molecule has 2 unspecified atom stereocenters. The third kappa shape index (κ3) is 2.40. The van der Waals surface area contributed by atoms with Crippen LogP contribution in [0.2, 0.25) is 0 Å². The number of hydrogen-bond donors (Lipinski definition) is 0. The molecule has 134 valence electrons. The third-order valence-electron chi connectivity index (χ3n) is 5.62. The average Bonchev–Trinajstić information content (AvgIpc) is 3.33. The Morgan fingerprint density at radius 1 is 0.923 bits per heavy atom. The SMILES string of the molecule is CCn1cnc2c(N3CC4CN(c5cc(C)ncn5)CC4C3)ncnc21. The van der Waals surface area contributed by atoms with Crippen LogP contribution in [0.25, 0.3) is 11.2 Å². The number of aromatic nitrogens is 6. The molecule has 2 atom stereocenters. The van der Waals surface area contributed by atoms with Gasteiger partial charge in [-0.05, 0) is 13.8 Å². The van der Waals surface area contributed by atoms with Crippen molar-refractivity contribution in [1.82, 2.24) is 29.5 Å². The number of anilines is 2. The molecule has 8 nitrogen and oxygen atoms in total. The van der Waals surface area contributed by atoms with Gasteiger partial charge in [0.15, 0.2) is 17.0 Å². The fourth-order valence-electron chi connectivity index (χ4n) is 4.30. The molecule has 3 aromatic heterocycles. The lowest BCUT2D eigenvalue weighted by molar-refractivity contribution is 0.533. The number of aryl methyl sites for hydroxylation is 2. The van der Waals surface area contributed by atoms with Gasteiger partial charge in [0.05, 0.1) is 6.33 Å². The van der Waals surface area contributed by atoms with E-state index in [0.29, 0.717) is 11.8 Å². The molecule has 2 aliphatic rings. The van der Waals surface area contributed by atoms with Gasteiger partial charge in [-0.2, -0.15) is 0 Å². The normalized spacial score (nSPS) is 22.4. The summed E-state index contributed by atoms with van der Waals surface area (Å²) in [5.41, 5.74) is 2.86. The zero-order chi connectivity index (χ0) is 17.7. The Morgan fingerprint density at radius 3 is 2.38 bits per heavy atom. The van der Waals surface area contributed by atoms with Gasteiger partial charge in [-0.1, -0.05) is 0 Å². The number of fused-ring (bicyclic) bond motifs is 2. The topological polar surface area (TPSA) is 75.9 Å². The zero-order valence-electron chi connectivity index (χ0n) is 15.1. The highest BCUT2D eigenvalue weighted by Crippen LogP contribution is 2.36. The first-order chi connectivity index (χ1) is 12.7. The second-order valence-corrected chi connectivity index (χ2v) is 7.25. The Kier molecular flexibility index (Phi) is 3.51. The van der Waals surface area contributed by atoms with Crippen LogP contribution in [0, 0.1) is 18.8 Å². The summed E-state index contributed by atoms with van der Waals surface area (Å²) < 4.78 is 2.07. The van der Waals surface area contributed by atoms with E-state index in [1.54, 1.807) is 12.7 Å². The van der Waals surface area contributed by atoms with E-state index in [-0.39, 0.29) is 0 Å². The Hall–Kier alpha value is -2.77. The van der Waals surface area contributed by atoms with Crippen LogP contribution >= 0.6 is 0 Å². The maximum Gasteiger partial charge on any atom is 0.165 e. The fourth-order valence-corrected chi connectivity index (χ4v) is 4.30. The van der Waals surface area contributed by atoms with E-state index in [9.17, 15) is 0 Å². The predicted molar refractivity (Wildman–Crippen MR) is 99.2 cm³/mol. The van der Waals surface area contributed by atoms with Crippen molar-refractivity contribution in [2.45, 2.75) is 20.4 Å². The van der Waals surface area contributed by atoms with Crippen LogP contribution in [0.1, 0.15) is 12.6 Å². The van der Waals surface area contributed by atoms with Gasteiger partial charge < -0.3 is 14.4 Å². The predicted octanol–water partition coefficient (Wildman–Crippen LogP) is 1.52. The molecule has 26 heavy (non-hydrogen) atoms. The minimum Gasteiger partial charge on any atom is -0.356 e. The van der Waals surface area contributed by atoms with E-state index in [0.717, 1.165) is 61.2 Å². The molecule has 0 saturated carbocycles. The van der Waals surface area contributed by atoms with Crippen LogP contribution in [0.5, 0.6) is 0 Å². The van der Waals surface area contributed by atoms with Crippen molar-refractivity contribution >= 4 is 22.8 Å². The first kappa shape index (κ1) is 15.5. The van der Waals surface area contributed by atoms with Crippen LogP contribution in [0.4, 0.5) is 11.6 Å². The van der Waals surface area contributed by atoms with Crippen molar-refractivity contribution in [2.24, 2.45) is 11.8 Å². The number of rotatable bonds is 3. The van der Waals surface area contributed by atoms with Crippen molar-refractivity contribution < 1.29 is 0 Å². The number of imidazole rings is 1. The molecule has 0 aliphatic carbocycles. The van der Waals surface area contributed by atoms with Gasteiger partial charge in [-0.3, -0.25) is 0 Å². The molecule has 0 bridgehead atoms. The van der Waals surface area contributed by atoms with Crippen LogP contribution < -0.4 is 9.80 Å². The van der Waals surface area contributed by atoms with Crippen molar-refractivity contribution in [3.63, 3.8) is 0 Å². The molecular weight excluding hydrogens is 328 g/mol. The number of hydrogen-bond acceptors (Lipinski definition) is 7. The molecule has 0 amide bonds. The summed E-state index contributed by atoms with van der Waals surface area (Å²) in [7, 11) is 0. The van der Waals surface area contributed by atoms with E-state index in [2.05, 4.69) is 52.3 Å². The maximum atomic E-state index is 4.57. The fraction of sp³-hybridized carbons (Fsp3) is 0.500. The molecule has 0 N–H and O–H groups in total. The van der Waals surface area contributed by atoms with E-state index in [1.165, 1.54) is 0 Å². The molecule has 5 heterocycles. The highest BCUT2D eigenvalue weighted by atomic mass is 15.3. The third-order valence-corrected chi connectivity index (χ3v) is 5.62. The molecule has 2 saturated heterocycles. The van der Waals surface area contributed by atoms with Gasteiger partial charge >= 0.3 is 0 Å². The van der Waals surface area contributed by atoms with Gasteiger partial charge in [-0.15, -0.1) is 0 Å². The lowest BCUT2D eigenvalue weighted by atomic mass is 10.0. The summed E-state index contributed by atoms with van der Waals surface area (Å²) in [6.45, 7) is 9.08. The van der Waals surface area contributed by atoms with Gasteiger partial charge in [0.1, 0.15) is 18.5 Å². The Bertz CT molecular complexity index is 937. The maximum absolute atomic E-state index is 4.57. The average molecular weight is 350 g/mol. The highest BCUT2D eigenvalue weighted by Gasteiger charge is 2.41. The monoisotopic (exact) mass is 350 g/mol. The van der Waals surface area contributed by atoms with E-state index < -0.39 is 0 Å². The van der Waals surface area contributed by atoms with Crippen LogP contribution in [-0.2, 0) is 6.54 Å². The molecule has 0 aromatic carbocycles. The smallest absolute Gasteiger partial charge is 0.165 e. The van der Waals surface area contributed by atoms with Crippen LogP contribution in [0.15, 0.2) is 25.0 Å². The van der Waals surface area contributed by atoms with Crippen molar-refractivity contribution in [3.8, 4) is 0 Å². The minimum atomic E-state index is 0.628. The Balaban J connectivity index is 1.36. The summed E-state index contributed by atoms with van der Waals surface area (Å²) in [6.07, 6.45) is 5.18. The second kappa shape index (κ2) is 5.89. The lowest BCUT2D eigenvalue weighted by Crippen LogP contribution is -2.29. The zero-order valence-corrected chi connectivity index (χ0v) is 15.1. The molecule has 0 radical (unpaired) electrons. The van der Waals surface area contributed by atoms with E-state index >= 15 is 0 Å². The van der Waals surface area contributed by atoms with Crippen molar-refractivity contribution in [3.05, 3.63) is 30.7 Å². The summed E-state index contributed by atoms with van der Waals surface area (Å²) >= 11 is 0. The first-order valence-electron chi connectivity index (χ1n) is 9.17. The minimum absolute atomic E-state index is 0.628. The largest absolute Gasteiger partial charge is 0.356 e. The van der Waals surface area contributed by atoms with Crippen molar-refractivity contribution in [1.29, 1.82) is 0 Å².